The van der Waals surface area contributed by atoms with Crippen LogP contribution in [0.15, 0.2) is 12.4 Å². The molecule has 1 saturated heterocycles. The van der Waals surface area contributed by atoms with Crippen LogP contribution in [0.5, 0.6) is 0 Å². The summed E-state index contributed by atoms with van der Waals surface area (Å²) in [7, 11) is 0. The Morgan fingerprint density at radius 1 is 1.29 bits per heavy atom. The van der Waals surface area contributed by atoms with Gasteiger partial charge in [-0.25, -0.2) is 9.97 Å². The van der Waals surface area contributed by atoms with Gasteiger partial charge < -0.3 is 5.32 Å². The summed E-state index contributed by atoms with van der Waals surface area (Å²) >= 11 is 7.71. The molecule has 0 amide bonds. The lowest BCUT2D eigenvalue weighted by Crippen LogP contribution is -2.25. The quantitative estimate of drug-likeness (QED) is 0.846. The molecule has 3 nitrogen and oxygen atoms in total. The fraction of sp³-hybridized carbons (Fsp3) is 0.556. The Morgan fingerprint density at radius 3 is 2.57 bits per heavy atom. The number of thioether (sulfide) groups is 1. The van der Waals surface area contributed by atoms with E-state index in [9.17, 15) is 0 Å². The third kappa shape index (κ3) is 2.75. The molecule has 0 saturated carbocycles. The predicted octanol–water partition coefficient (Wildman–Crippen LogP) is 2.44. The Balaban J connectivity index is 1.92. The smallest absolute Gasteiger partial charge is 0.222 e. The van der Waals surface area contributed by atoms with Crippen molar-refractivity contribution >= 4 is 29.3 Å². The SMILES string of the molecule is Clc1cnc(NC2CCSCC2)nc1. The van der Waals surface area contributed by atoms with Crippen molar-refractivity contribution in [2.75, 3.05) is 16.8 Å². The van der Waals surface area contributed by atoms with Gasteiger partial charge in [0, 0.05) is 6.04 Å². The molecule has 0 bridgehead atoms. The normalized spacial score (nSPS) is 18.1. The lowest BCUT2D eigenvalue weighted by Gasteiger charge is -2.22. The molecule has 76 valence electrons. The van der Waals surface area contributed by atoms with E-state index in [-0.39, 0.29) is 0 Å². The van der Waals surface area contributed by atoms with Gasteiger partial charge in [-0.05, 0) is 24.3 Å². The first-order valence-electron chi connectivity index (χ1n) is 4.66. The van der Waals surface area contributed by atoms with Gasteiger partial charge in [0.05, 0.1) is 17.4 Å². The van der Waals surface area contributed by atoms with Crippen LogP contribution >= 0.6 is 23.4 Å². The Bertz CT molecular complexity index is 285. The van der Waals surface area contributed by atoms with Gasteiger partial charge in [0.1, 0.15) is 0 Å². The van der Waals surface area contributed by atoms with E-state index >= 15 is 0 Å². The van der Waals surface area contributed by atoms with E-state index in [2.05, 4.69) is 15.3 Å². The second-order valence-electron chi connectivity index (χ2n) is 3.26. The highest BCUT2D eigenvalue weighted by Crippen LogP contribution is 2.19. The number of aromatic nitrogens is 2. The van der Waals surface area contributed by atoms with Crippen LogP contribution in [0, 0.1) is 0 Å². The molecule has 1 fully saturated rings. The van der Waals surface area contributed by atoms with E-state index in [0.717, 1.165) is 0 Å². The molecule has 1 aliphatic heterocycles. The molecule has 0 aromatic carbocycles. The first-order chi connectivity index (χ1) is 6.84. The molecule has 1 aromatic heterocycles. The van der Waals surface area contributed by atoms with Crippen molar-refractivity contribution < 1.29 is 0 Å². The van der Waals surface area contributed by atoms with E-state index in [1.54, 1.807) is 12.4 Å². The fourth-order valence-corrected chi connectivity index (χ4v) is 2.62. The second-order valence-corrected chi connectivity index (χ2v) is 4.92. The van der Waals surface area contributed by atoms with Crippen LogP contribution in [0.1, 0.15) is 12.8 Å². The van der Waals surface area contributed by atoms with Crippen LogP contribution in [-0.4, -0.2) is 27.5 Å². The third-order valence-corrected chi connectivity index (χ3v) is 3.42. The topological polar surface area (TPSA) is 37.8 Å². The van der Waals surface area contributed by atoms with Gasteiger partial charge in [0.2, 0.25) is 5.95 Å². The number of rotatable bonds is 2. The van der Waals surface area contributed by atoms with Crippen molar-refractivity contribution in [3.05, 3.63) is 17.4 Å². The molecule has 2 heterocycles. The fourth-order valence-electron chi connectivity index (χ4n) is 1.41. The van der Waals surface area contributed by atoms with E-state index in [4.69, 9.17) is 11.6 Å². The summed E-state index contributed by atoms with van der Waals surface area (Å²) < 4.78 is 0. The minimum atomic E-state index is 0.525. The summed E-state index contributed by atoms with van der Waals surface area (Å²) in [6.07, 6.45) is 5.62. The van der Waals surface area contributed by atoms with Crippen molar-refractivity contribution in [3.63, 3.8) is 0 Å². The minimum absolute atomic E-state index is 0.525. The predicted molar refractivity (Wildman–Crippen MR) is 61.0 cm³/mol. The first kappa shape index (κ1) is 10.1. The summed E-state index contributed by atoms with van der Waals surface area (Å²) in [5.41, 5.74) is 0. The van der Waals surface area contributed by atoms with Gasteiger partial charge in [-0.15, -0.1) is 0 Å². The molecule has 14 heavy (non-hydrogen) atoms. The van der Waals surface area contributed by atoms with Crippen molar-refractivity contribution in [3.8, 4) is 0 Å². The van der Waals surface area contributed by atoms with Crippen molar-refractivity contribution in [1.29, 1.82) is 0 Å². The number of hydrogen-bond donors (Lipinski definition) is 1. The highest BCUT2D eigenvalue weighted by atomic mass is 35.5. The Kier molecular flexibility index (Phi) is 3.48. The molecule has 1 aliphatic rings. The second kappa shape index (κ2) is 4.84. The number of nitrogens with one attached hydrogen (secondary N) is 1. The molecule has 0 aliphatic carbocycles. The Morgan fingerprint density at radius 2 is 1.93 bits per heavy atom. The van der Waals surface area contributed by atoms with Crippen LogP contribution in [0.4, 0.5) is 5.95 Å². The minimum Gasteiger partial charge on any atom is -0.351 e. The summed E-state index contributed by atoms with van der Waals surface area (Å²) in [4.78, 5) is 8.22. The monoisotopic (exact) mass is 229 g/mol. The zero-order valence-corrected chi connectivity index (χ0v) is 9.31. The number of nitrogens with zero attached hydrogens (tertiary/aromatic N) is 2. The van der Waals surface area contributed by atoms with Crippen molar-refractivity contribution in [2.24, 2.45) is 0 Å². The van der Waals surface area contributed by atoms with Gasteiger partial charge >= 0.3 is 0 Å². The average molecular weight is 230 g/mol. The van der Waals surface area contributed by atoms with E-state index < -0.39 is 0 Å². The van der Waals surface area contributed by atoms with Crippen LogP contribution in [-0.2, 0) is 0 Å². The maximum atomic E-state index is 5.70. The van der Waals surface area contributed by atoms with Gasteiger partial charge in [0.25, 0.3) is 0 Å². The van der Waals surface area contributed by atoms with E-state index in [1.807, 2.05) is 11.8 Å². The van der Waals surface area contributed by atoms with Crippen LogP contribution in [0.25, 0.3) is 0 Å². The number of halogens is 1. The third-order valence-electron chi connectivity index (χ3n) is 2.17. The molecule has 0 spiro atoms. The zero-order valence-electron chi connectivity index (χ0n) is 7.74. The lowest BCUT2D eigenvalue weighted by molar-refractivity contribution is 0.660. The standard InChI is InChI=1S/C9H12ClN3S/c10-7-5-11-9(12-6-7)13-8-1-3-14-4-2-8/h5-6,8H,1-4H2,(H,11,12,13). The lowest BCUT2D eigenvalue weighted by atomic mass is 10.2. The molecule has 1 aromatic rings. The van der Waals surface area contributed by atoms with E-state index in [0.29, 0.717) is 17.0 Å². The Hall–Kier alpha value is -0.480. The van der Waals surface area contributed by atoms with Gasteiger partial charge in [0.15, 0.2) is 0 Å². The summed E-state index contributed by atoms with van der Waals surface area (Å²) in [5, 5.41) is 3.89. The molecule has 2 rings (SSSR count). The maximum absolute atomic E-state index is 5.70. The highest BCUT2D eigenvalue weighted by Gasteiger charge is 2.13. The molecule has 0 unspecified atom stereocenters. The Labute approximate surface area is 92.7 Å². The molecular weight excluding hydrogens is 218 g/mol. The molecule has 1 N–H and O–H groups in total. The van der Waals surface area contributed by atoms with Gasteiger partial charge in [-0.2, -0.15) is 11.8 Å². The van der Waals surface area contributed by atoms with Crippen LogP contribution in [0.3, 0.4) is 0 Å². The van der Waals surface area contributed by atoms with Crippen molar-refractivity contribution in [2.45, 2.75) is 18.9 Å². The average Bonchev–Trinajstić information content (AvgIpc) is 2.23. The van der Waals surface area contributed by atoms with E-state index in [1.165, 1.54) is 24.3 Å². The van der Waals surface area contributed by atoms with Crippen molar-refractivity contribution in [1.82, 2.24) is 9.97 Å². The van der Waals surface area contributed by atoms with Crippen LogP contribution < -0.4 is 5.32 Å². The van der Waals surface area contributed by atoms with Gasteiger partial charge in [-0.3, -0.25) is 0 Å². The molecule has 5 heteroatoms. The summed E-state index contributed by atoms with van der Waals surface area (Å²) in [6.45, 7) is 0. The summed E-state index contributed by atoms with van der Waals surface area (Å²) in [5.74, 6) is 3.14. The summed E-state index contributed by atoms with van der Waals surface area (Å²) in [6, 6.07) is 0.525. The molecule has 0 radical (unpaired) electrons. The number of hydrogen-bond acceptors (Lipinski definition) is 4. The first-order valence-corrected chi connectivity index (χ1v) is 6.20. The highest BCUT2D eigenvalue weighted by molar-refractivity contribution is 7.99. The van der Waals surface area contributed by atoms with Gasteiger partial charge in [-0.1, -0.05) is 11.6 Å². The zero-order chi connectivity index (χ0) is 9.80. The largest absolute Gasteiger partial charge is 0.351 e. The molecule has 0 atom stereocenters. The van der Waals surface area contributed by atoms with Crippen LogP contribution in [0.2, 0.25) is 5.02 Å². The number of anilines is 1. The maximum Gasteiger partial charge on any atom is 0.222 e. The molecular formula is C9H12ClN3S.